The van der Waals surface area contributed by atoms with Gasteiger partial charge in [0.2, 0.25) is 0 Å². The maximum absolute atomic E-state index is 5.75. The topological polar surface area (TPSA) is 95.6 Å². The van der Waals surface area contributed by atoms with Crippen molar-refractivity contribution in [2.75, 3.05) is 11.5 Å². The van der Waals surface area contributed by atoms with Gasteiger partial charge in [-0.1, -0.05) is 6.92 Å². The Morgan fingerprint density at radius 2 is 1.76 bits per heavy atom. The molecule has 0 aliphatic carbocycles. The molecule has 0 spiro atoms. The van der Waals surface area contributed by atoms with Crippen molar-refractivity contribution in [1.82, 2.24) is 19.5 Å². The van der Waals surface area contributed by atoms with Crippen LogP contribution in [0.15, 0.2) is 24.3 Å². The summed E-state index contributed by atoms with van der Waals surface area (Å²) < 4.78 is 2.13. The molecule has 3 rings (SSSR count). The lowest BCUT2D eigenvalue weighted by atomic mass is 10.1. The van der Waals surface area contributed by atoms with E-state index in [1.165, 1.54) is 0 Å². The molecule has 4 N–H and O–H groups in total. The van der Waals surface area contributed by atoms with Crippen LogP contribution in [-0.4, -0.2) is 19.5 Å². The largest absolute Gasteiger partial charge is 0.384 e. The predicted octanol–water partition coefficient (Wildman–Crippen LogP) is 2.38. The lowest BCUT2D eigenvalue weighted by Gasteiger charge is -2.06. The van der Waals surface area contributed by atoms with Crippen LogP contribution in [0, 0.1) is 6.92 Å². The third-order valence-electron chi connectivity index (χ3n) is 3.39. The minimum atomic E-state index is 0.394. The van der Waals surface area contributed by atoms with Gasteiger partial charge in [-0.05, 0) is 37.6 Å². The minimum absolute atomic E-state index is 0.394. The van der Waals surface area contributed by atoms with Gasteiger partial charge in [0.15, 0.2) is 5.65 Å². The molecule has 0 saturated carbocycles. The van der Waals surface area contributed by atoms with E-state index in [4.69, 9.17) is 16.5 Å². The number of aryl methyl sites for hydroxylation is 2. The molecule has 0 unspecified atom stereocenters. The Bertz CT molecular complexity index is 785. The first-order valence-electron chi connectivity index (χ1n) is 6.95. The standard InChI is InChI=1S/C15H18N6/c1-3-6-21-9(2)18-12-5-4-11(19-15(12)21)10-7-13(16)20-14(17)8-10/h4-5,7-8H,3,6H2,1-2H3,(H4,16,17,20). The van der Waals surface area contributed by atoms with Crippen LogP contribution in [0.25, 0.3) is 22.4 Å². The van der Waals surface area contributed by atoms with Gasteiger partial charge >= 0.3 is 0 Å². The van der Waals surface area contributed by atoms with Gasteiger partial charge in [-0.15, -0.1) is 0 Å². The second-order valence-electron chi connectivity index (χ2n) is 5.06. The van der Waals surface area contributed by atoms with E-state index < -0.39 is 0 Å². The highest BCUT2D eigenvalue weighted by Gasteiger charge is 2.10. The number of pyridine rings is 2. The number of rotatable bonds is 3. The summed E-state index contributed by atoms with van der Waals surface area (Å²) in [5, 5.41) is 0. The normalized spacial score (nSPS) is 11.1. The summed E-state index contributed by atoms with van der Waals surface area (Å²) in [5.41, 5.74) is 15.0. The second-order valence-corrected chi connectivity index (χ2v) is 5.06. The first kappa shape index (κ1) is 13.4. The summed E-state index contributed by atoms with van der Waals surface area (Å²) in [6.07, 6.45) is 1.04. The van der Waals surface area contributed by atoms with Crippen LogP contribution in [0.1, 0.15) is 19.2 Å². The molecule has 3 aromatic heterocycles. The van der Waals surface area contributed by atoms with E-state index in [0.29, 0.717) is 11.6 Å². The van der Waals surface area contributed by atoms with Crippen LogP contribution < -0.4 is 11.5 Å². The number of hydrogen-bond acceptors (Lipinski definition) is 5. The summed E-state index contributed by atoms with van der Waals surface area (Å²) in [5.74, 6) is 1.76. The Labute approximate surface area is 122 Å². The van der Waals surface area contributed by atoms with E-state index in [2.05, 4.69) is 21.5 Å². The van der Waals surface area contributed by atoms with Gasteiger partial charge in [-0.3, -0.25) is 0 Å². The smallest absolute Gasteiger partial charge is 0.160 e. The quantitative estimate of drug-likeness (QED) is 0.769. The predicted molar refractivity (Wildman–Crippen MR) is 84.6 cm³/mol. The molecule has 0 atom stereocenters. The molecule has 0 aliphatic heterocycles. The maximum Gasteiger partial charge on any atom is 0.160 e. The number of nitrogens with two attached hydrogens (primary N) is 2. The molecule has 0 saturated heterocycles. The molecule has 0 fully saturated rings. The van der Waals surface area contributed by atoms with Crippen LogP contribution in [0.5, 0.6) is 0 Å². The third kappa shape index (κ3) is 2.40. The Morgan fingerprint density at radius 3 is 2.43 bits per heavy atom. The summed E-state index contributed by atoms with van der Waals surface area (Å²) >= 11 is 0. The summed E-state index contributed by atoms with van der Waals surface area (Å²) in [4.78, 5) is 13.3. The summed E-state index contributed by atoms with van der Waals surface area (Å²) in [6, 6.07) is 7.46. The number of nitrogens with zero attached hydrogens (tertiary/aromatic N) is 4. The van der Waals surface area contributed by atoms with Gasteiger partial charge in [0.1, 0.15) is 23.0 Å². The fraction of sp³-hybridized carbons (Fsp3) is 0.267. The maximum atomic E-state index is 5.75. The van der Waals surface area contributed by atoms with E-state index >= 15 is 0 Å². The van der Waals surface area contributed by atoms with Gasteiger partial charge in [0.05, 0.1) is 5.69 Å². The molecule has 0 radical (unpaired) electrons. The Balaban J connectivity index is 2.17. The first-order chi connectivity index (χ1) is 10.1. The first-order valence-corrected chi connectivity index (χ1v) is 6.95. The fourth-order valence-electron chi connectivity index (χ4n) is 2.49. The Morgan fingerprint density at radius 1 is 1.05 bits per heavy atom. The molecular formula is C15H18N6. The van der Waals surface area contributed by atoms with E-state index in [0.717, 1.165) is 41.2 Å². The molecule has 3 heterocycles. The van der Waals surface area contributed by atoms with Crippen molar-refractivity contribution in [3.8, 4) is 11.3 Å². The van der Waals surface area contributed by atoms with Crippen molar-refractivity contribution in [2.45, 2.75) is 26.8 Å². The van der Waals surface area contributed by atoms with Gasteiger partial charge in [-0.2, -0.15) is 0 Å². The highest BCUT2D eigenvalue weighted by Crippen LogP contribution is 2.24. The molecule has 3 aromatic rings. The van der Waals surface area contributed by atoms with Gasteiger partial charge < -0.3 is 16.0 Å². The second kappa shape index (κ2) is 5.05. The molecule has 0 amide bonds. The van der Waals surface area contributed by atoms with Crippen LogP contribution in [0.3, 0.4) is 0 Å². The van der Waals surface area contributed by atoms with Crippen LogP contribution in [-0.2, 0) is 6.54 Å². The van der Waals surface area contributed by atoms with Crippen molar-refractivity contribution in [2.24, 2.45) is 0 Å². The Kier molecular flexibility index (Phi) is 3.21. The van der Waals surface area contributed by atoms with E-state index in [1.807, 2.05) is 19.1 Å². The van der Waals surface area contributed by atoms with Crippen molar-refractivity contribution in [3.05, 3.63) is 30.1 Å². The molecule has 0 aliphatic rings. The molecule has 0 aromatic carbocycles. The number of imidazole rings is 1. The van der Waals surface area contributed by atoms with Crippen molar-refractivity contribution < 1.29 is 0 Å². The van der Waals surface area contributed by atoms with Crippen LogP contribution >= 0.6 is 0 Å². The van der Waals surface area contributed by atoms with Crippen LogP contribution in [0.4, 0.5) is 11.6 Å². The van der Waals surface area contributed by atoms with E-state index in [9.17, 15) is 0 Å². The van der Waals surface area contributed by atoms with Gasteiger partial charge in [-0.25, -0.2) is 15.0 Å². The number of nitrogen functional groups attached to an aromatic ring is 2. The highest BCUT2D eigenvalue weighted by molar-refractivity contribution is 5.77. The third-order valence-corrected chi connectivity index (χ3v) is 3.39. The van der Waals surface area contributed by atoms with E-state index in [1.54, 1.807) is 12.1 Å². The average molecular weight is 282 g/mol. The average Bonchev–Trinajstić information content (AvgIpc) is 2.74. The number of fused-ring (bicyclic) bond motifs is 1. The van der Waals surface area contributed by atoms with Gasteiger partial charge in [0, 0.05) is 12.1 Å². The molecule has 6 nitrogen and oxygen atoms in total. The summed E-state index contributed by atoms with van der Waals surface area (Å²) in [6.45, 7) is 5.04. The lowest BCUT2D eigenvalue weighted by molar-refractivity contribution is 0.671. The monoisotopic (exact) mass is 282 g/mol. The SMILES string of the molecule is CCCn1c(C)nc2ccc(-c3cc(N)nc(N)c3)nc21. The fourth-order valence-corrected chi connectivity index (χ4v) is 2.49. The van der Waals surface area contributed by atoms with Crippen LogP contribution in [0.2, 0.25) is 0 Å². The molecule has 6 heteroatoms. The van der Waals surface area contributed by atoms with Crippen molar-refractivity contribution in [1.29, 1.82) is 0 Å². The van der Waals surface area contributed by atoms with Gasteiger partial charge in [0.25, 0.3) is 0 Å². The number of aromatic nitrogens is 4. The van der Waals surface area contributed by atoms with E-state index in [-0.39, 0.29) is 0 Å². The minimum Gasteiger partial charge on any atom is -0.384 e. The van der Waals surface area contributed by atoms with Crippen molar-refractivity contribution in [3.63, 3.8) is 0 Å². The molecule has 108 valence electrons. The zero-order chi connectivity index (χ0) is 15.0. The zero-order valence-electron chi connectivity index (χ0n) is 12.2. The number of anilines is 2. The lowest BCUT2D eigenvalue weighted by Crippen LogP contribution is -2.01. The molecule has 0 bridgehead atoms. The molecular weight excluding hydrogens is 264 g/mol. The number of hydrogen-bond donors (Lipinski definition) is 2. The summed E-state index contributed by atoms with van der Waals surface area (Å²) in [7, 11) is 0. The molecule has 21 heavy (non-hydrogen) atoms. The zero-order valence-corrected chi connectivity index (χ0v) is 12.2. The highest BCUT2D eigenvalue weighted by atomic mass is 15.1. The van der Waals surface area contributed by atoms with Crippen molar-refractivity contribution >= 4 is 22.8 Å². The Hall–Kier alpha value is -2.63.